The van der Waals surface area contributed by atoms with E-state index in [0.717, 1.165) is 0 Å². The van der Waals surface area contributed by atoms with Crippen LogP contribution in [0.1, 0.15) is 0 Å². The molecule has 0 fully saturated rings. The number of rotatable bonds is 5. The number of hydrogen-bond acceptors (Lipinski definition) is 6. The number of ether oxygens (including phenoxy) is 1. The molecule has 0 unspecified atom stereocenters. The first-order valence-electron chi connectivity index (χ1n) is 7.20. The number of nitrogens with one attached hydrogen (secondary N) is 1. The van der Waals surface area contributed by atoms with Gasteiger partial charge in [-0.2, -0.15) is 0 Å². The van der Waals surface area contributed by atoms with Crippen LogP contribution in [-0.4, -0.2) is 25.7 Å². The predicted octanol–water partition coefficient (Wildman–Crippen LogP) is 3.17. The van der Waals surface area contributed by atoms with Crippen molar-refractivity contribution in [2.24, 2.45) is 0 Å². The fourth-order valence-electron chi connectivity index (χ4n) is 2.28. The molecule has 0 bridgehead atoms. The van der Waals surface area contributed by atoms with Gasteiger partial charge in [0.15, 0.2) is 5.76 Å². The van der Waals surface area contributed by atoms with Gasteiger partial charge >= 0.3 is 0 Å². The van der Waals surface area contributed by atoms with Gasteiger partial charge in [-0.1, -0.05) is 30.3 Å². The number of para-hydroxylation sites is 1. The van der Waals surface area contributed by atoms with E-state index < -0.39 is 27.4 Å². The summed E-state index contributed by atoms with van der Waals surface area (Å²) in [5.41, 5.74) is 0.364. The average Bonchev–Trinajstić information content (AvgIpc) is 2.90. The van der Waals surface area contributed by atoms with E-state index in [0.29, 0.717) is 11.3 Å². The summed E-state index contributed by atoms with van der Waals surface area (Å²) in [4.78, 5) is -0.0101. The van der Waals surface area contributed by atoms with Gasteiger partial charge in [0, 0.05) is 0 Å². The van der Waals surface area contributed by atoms with Crippen molar-refractivity contribution in [3.8, 4) is 28.6 Å². The minimum Gasteiger partial charge on any atom is -0.502 e. The van der Waals surface area contributed by atoms with Crippen molar-refractivity contribution < 1.29 is 27.8 Å². The highest BCUT2D eigenvalue weighted by atomic mass is 32.2. The van der Waals surface area contributed by atoms with Crippen LogP contribution < -0.4 is 9.46 Å². The van der Waals surface area contributed by atoms with E-state index >= 15 is 0 Å². The van der Waals surface area contributed by atoms with Crippen molar-refractivity contribution in [3.05, 3.63) is 54.6 Å². The second-order valence-electron chi connectivity index (χ2n) is 5.08. The summed E-state index contributed by atoms with van der Waals surface area (Å²) in [6.07, 6.45) is 0. The molecule has 1 heterocycles. The van der Waals surface area contributed by atoms with Crippen molar-refractivity contribution >= 4 is 15.9 Å². The van der Waals surface area contributed by atoms with Crippen LogP contribution in [-0.2, 0) is 10.0 Å². The molecule has 0 amide bonds. The van der Waals surface area contributed by atoms with Crippen LogP contribution in [0.25, 0.3) is 11.3 Å². The largest absolute Gasteiger partial charge is 0.502 e. The molecule has 0 saturated heterocycles. The van der Waals surface area contributed by atoms with Crippen molar-refractivity contribution in [1.29, 1.82) is 0 Å². The average molecular weight is 361 g/mol. The van der Waals surface area contributed by atoms with Crippen molar-refractivity contribution in [2.45, 2.75) is 4.90 Å². The fourth-order valence-corrected chi connectivity index (χ4v) is 3.29. The Labute approximate surface area is 144 Å². The number of aromatic hydroxyl groups is 2. The SMILES string of the molecule is COc1ccccc1-c1oc(NS(=O)(=O)c2ccccc2)c(O)c1O. The van der Waals surface area contributed by atoms with Gasteiger partial charge in [0.2, 0.25) is 11.5 Å². The van der Waals surface area contributed by atoms with Crippen LogP contribution in [0.3, 0.4) is 0 Å². The van der Waals surface area contributed by atoms with Gasteiger partial charge in [-0.05, 0) is 24.3 Å². The Kier molecular flexibility index (Phi) is 4.28. The number of benzene rings is 2. The third-order valence-corrected chi connectivity index (χ3v) is 4.84. The van der Waals surface area contributed by atoms with E-state index in [1.165, 1.54) is 19.2 Å². The van der Waals surface area contributed by atoms with E-state index in [2.05, 4.69) is 4.72 Å². The smallest absolute Gasteiger partial charge is 0.264 e. The van der Waals surface area contributed by atoms with Gasteiger partial charge in [0.05, 0.1) is 17.6 Å². The Balaban J connectivity index is 2.03. The molecule has 0 saturated carbocycles. The lowest BCUT2D eigenvalue weighted by Crippen LogP contribution is -2.12. The van der Waals surface area contributed by atoms with Gasteiger partial charge in [0.1, 0.15) is 5.75 Å². The molecule has 25 heavy (non-hydrogen) atoms. The van der Waals surface area contributed by atoms with Crippen molar-refractivity contribution in [2.75, 3.05) is 11.8 Å². The van der Waals surface area contributed by atoms with Crippen LogP contribution in [0.4, 0.5) is 5.88 Å². The lowest BCUT2D eigenvalue weighted by Gasteiger charge is -2.06. The summed E-state index contributed by atoms with van der Waals surface area (Å²) in [6, 6.07) is 14.2. The van der Waals surface area contributed by atoms with Crippen molar-refractivity contribution in [3.63, 3.8) is 0 Å². The number of anilines is 1. The molecule has 3 aromatic rings. The van der Waals surface area contributed by atoms with Gasteiger partial charge in [-0.3, -0.25) is 0 Å². The molecule has 0 atom stereocenters. The van der Waals surface area contributed by atoms with Crippen LogP contribution in [0.5, 0.6) is 17.2 Å². The zero-order valence-corrected chi connectivity index (χ0v) is 13.9. The lowest BCUT2D eigenvalue weighted by atomic mass is 10.1. The van der Waals surface area contributed by atoms with E-state index in [1.54, 1.807) is 42.5 Å². The maximum absolute atomic E-state index is 12.3. The molecular formula is C17H15NO6S. The number of methoxy groups -OCH3 is 1. The third-order valence-electron chi connectivity index (χ3n) is 3.49. The molecule has 8 heteroatoms. The van der Waals surface area contributed by atoms with Crippen LogP contribution in [0.2, 0.25) is 0 Å². The monoisotopic (exact) mass is 361 g/mol. The summed E-state index contributed by atoms with van der Waals surface area (Å²) in [7, 11) is -2.54. The molecule has 1 aromatic heterocycles. The zero-order valence-electron chi connectivity index (χ0n) is 13.1. The van der Waals surface area contributed by atoms with E-state index in [1.807, 2.05) is 0 Å². The highest BCUT2D eigenvalue weighted by molar-refractivity contribution is 7.92. The van der Waals surface area contributed by atoms with Crippen LogP contribution >= 0.6 is 0 Å². The Bertz CT molecular complexity index is 995. The third kappa shape index (κ3) is 3.11. The minimum atomic E-state index is -3.98. The standard InChI is InChI=1S/C17H15NO6S/c1-23-13-10-6-5-9-12(13)16-14(19)15(20)17(24-16)18-25(21,22)11-7-3-2-4-8-11/h2-10,18-20H,1H3. The minimum absolute atomic E-state index is 0.0101. The number of furan rings is 1. The van der Waals surface area contributed by atoms with Crippen LogP contribution in [0, 0.1) is 0 Å². The first kappa shape index (κ1) is 16.7. The quantitative estimate of drug-likeness (QED) is 0.644. The van der Waals surface area contributed by atoms with Gasteiger partial charge in [-0.15, -0.1) is 0 Å². The first-order valence-corrected chi connectivity index (χ1v) is 8.68. The lowest BCUT2D eigenvalue weighted by molar-refractivity contribution is 0.407. The highest BCUT2D eigenvalue weighted by Crippen LogP contribution is 2.47. The Morgan fingerprint density at radius 1 is 0.960 bits per heavy atom. The molecule has 7 nitrogen and oxygen atoms in total. The fraction of sp³-hybridized carbons (Fsp3) is 0.0588. The summed E-state index contributed by atoms with van der Waals surface area (Å²) < 4.78 is 37.4. The van der Waals surface area contributed by atoms with Gasteiger partial charge in [0.25, 0.3) is 15.9 Å². The summed E-state index contributed by atoms with van der Waals surface area (Å²) in [5.74, 6) is -1.50. The number of hydrogen-bond donors (Lipinski definition) is 3. The molecule has 0 aliphatic heterocycles. The second kappa shape index (κ2) is 6.40. The molecule has 3 rings (SSSR count). The van der Waals surface area contributed by atoms with Crippen LogP contribution in [0.15, 0.2) is 63.9 Å². The molecule has 0 aliphatic carbocycles. The second-order valence-corrected chi connectivity index (χ2v) is 6.76. The van der Waals surface area contributed by atoms with E-state index in [9.17, 15) is 18.6 Å². The molecule has 130 valence electrons. The maximum Gasteiger partial charge on any atom is 0.264 e. The zero-order chi connectivity index (χ0) is 18.0. The molecule has 2 aromatic carbocycles. The topological polar surface area (TPSA) is 109 Å². The molecule has 0 radical (unpaired) electrons. The highest BCUT2D eigenvalue weighted by Gasteiger charge is 2.26. The van der Waals surface area contributed by atoms with Gasteiger partial charge in [-0.25, -0.2) is 13.1 Å². The van der Waals surface area contributed by atoms with E-state index in [4.69, 9.17) is 9.15 Å². The Morgan fingerprint density at radius 3 is 2.28 bits per heavy atom. The summed E-state index contributed by atoms with van der Waals surface area (Å²) in [6.45, 7) is 0. The maximum atomic E-state index is 12.3. The Morgan fingerprint density at radius 2 is 1.60 bits per heavy atom. The summed E-state index contributed by atoms with van der Waals surface area (Å²) >= 11 is 0. The number of sulfonamides is 1. The molecule has 3 N–H and O–H groups in total. The Hall–Kier alpha value is -3.13. The molecular weight excluding hydrogens is 346 g/mol. The van der Waals surface area contributed by atoms with Crippen molar-refractivity contribution in [1.82, 2.24) is 0 Å². The first-order chi connectivity index (χ1) is 11.9. The van der Waals surface area contributed by atoms with Gasteiger partial charge < -0.3 is 19.4 Å². The summed E-state index contributed by atoms with van der Waals surface area (Å²) in [5, 5.41) is 20.2. The van der Waals surface area contributed by atoms with E-state index in [-0.39, 0.29) is 10.7 Å². The normalized spacial score (nSPS) is 11.2. The predicted molar refractivity (Wildman–Crippen MR) is 91.3 cm³/mol. The molecule has 0 spiro atoms. The molecule has 0 aliphatic rings.